The molecule has 0 aliphatic carbocycles. The van der Waals surface area contributed by atoms with Crippen molar-refractivity contribution in [1.29, 1.82) is 0 Å². The zero-order valence-electron chi connectivity index (χ0n) is 32.3. The number of aliphatic carboxylic acids is 1. The summed E-state index contributed by atoms with van der Waals surface area (Å²) in [5.74, 6) is 0.721. The molecular weight excluding hydrogens is 604 g/mol. The van der Waals surface area contributed by atoms with Crippen LogP contribution in [0.25, 0.3) is 0 Å². The van der Waals surface area contributed by atoms with Gasteiger partial charge in [0.05, 0.1) is 41.2 Å². The number of carboxylic acids is 1. The van der Waals surface area contributed by atoms with Crippen molar-refractivity contribution in [3.05, 3.63) is 24.0 Å². The summed E-state index contributed by atoms with van der Waals surface area (Å²) < 4.78 is 13.0. The van der Waals surface area contributed by atoms with Crippen LogP contribution in [0.2, 0.25) is 0 Å². The molecule has 0 aromatic carbocycles. The van der Waals surface area contributed by atoms with E-state index in [2.05, 4.69) is 53.7 Å². The van der Waals surface area contributed by atoms with Gasteiger partial charge in [-0.2, -0.15) is 0 Å². The van der Waals surface area contributed by atoms with Crippen molar-refractivity contribution >= 4 is 11.8 Å². The molecule has 7 nitrogen and oxygen atoms in total. The molecular formula is C41H72O7. The Kier molecular flexibility index (Phi) is 16.9. The quantitative estimate of drug-likeness (QED) is 0.0630. The van der Waals surface area contributed by atoms with Gasteiger partial charge in [0.15, 0.2) is 5.78 Å². The maximum Gasteiger partial charge on any atom is 0.306 e. The van der Waals surface area contributed by atoms with E-state index in [1.54, 1.807) is 6.92 Å². The van der Waals surface area contributed by atoms with E-state index in [1.165, 1.54) is 6.08 Å². The van der Waals surface area contributed by atoms with Crippen molar-refractivity contribution in [2.45, 2.75) is 176 Å². The Morgan fingerprint density at radius 2 is 1.46 bits per heavy atom. The van der Waals surface area contributed by atoms with Gasteiger partial charge in [-0.05, 0) is 121 Å². The molecule has 0 spiro atoms. The fourth-order valence-corrected chi connectivity index (χ4v) is 8.07. The molecule has 0 radical (unpaired) electrons. The molecule has 48 heavy (non-hydrogen) atoms. The van der Waals surface area contributed by atoms with Crippen LogP contribution in [0.4, 0.5) is 0 Å². The van der Waals surface area contributed by atoms with Crippen molar-refractivity contribution < 1.29 is 34.4 Å². The van der Waals surface area contributed by atoms with E-state index in [0.29, 0.717) is 30.1 Å². The van der Waals surface area contributed by atoms with Crippen LogP contribution in [-0.4, -0.2) is 56.6 Å². The molecule has 2 rings (SSSR count). The molecule has 2 aliphatic heterocycles. The predicted molar refractivity (Wildman–Crippen MR) is 195 cm³/mol. The zero-order chi connectivity index (χ0) is 36.4. The molecule has 2 aliphatic rings. The standard InChI is InChI=1S/C41H72O7/c1-12-34(23-28(4)20-27(3)22-32(8)39(45)46)37(44)25-36(43)31(7)21-26(2)14-13-15-29(5)30(6)24-35-16-18-41(11,47-35)38-17-19-40(10,48-38)33(9)42/h13,15,25-35,38,42-43H,12,14,16-24H2,1-11H3,(H,45,46). The highest BCUT2D eigenvalue weighted by Crippen LogP contribution is 2.45. The summed E-state index contributed by atoms with van der Waals surface area (Å²) in [6, 6.07) is 0. The van der Waals surface area contributed by atoms with Gasteiger partial charge in [-0.25, -0.2) is 0 Å². The lowest BCUT2D eigenvalue weighted by molar-refractivity contribution is -0.170. The first-order chi connectivity index (χ1) is 22.3. The van der Waals surface area contributed by atoms with Crippen molar-refractivity contribution in [2.75, 3.05) is 0 Å². The normalized spacial score (nSPS) is 30.8. The topological polar surface area (TPSA) is 113 Å². The summed E-state index contributed by atoms with van der Waals surface area (Å²) in [6.45, 7) is 22.8. The summed E-state index contributed by atoms with van der Waals surface area (Å²) in [6.07, 6.45) is 15.4. The van der Waals surface area contributed by atoms with Crippen LogP contribution >= 0.6 is 0 Å². The largest absolute Gasteiger partial charge is 0.512 e. The molecule has 3 N–H and O–H groups in total. The summed E-state index contributed by atoms with van der Waals surface area (Å²) in [5.41, 5.74) is -0.768. The molecule has 0 amide bonds. The lowest BCUT2D eigenvalue weighted by Gasteiger charge is -2.35. The van der Waals surface area contributed by atoms with E-state index in [9.17, 15) is 24.9 Å². The van der Waals surface area contributed by atoms with Crippen molar-refractivity contribution in [2.24, 2.45) is 47.3 Å². The van der Waals surface area contributed by atoms with Crippen LogP contribution in [-0.2, 0) is 19.1 Å². The minimum Gasteiger partial charge on any atom is -0.512 e. The van der Waals surface area contributed by atoms with Crippen molar-refractivity contribution in [3.8, 4) is 0 Å². The van der Waals surface area contributed by atoms with Gasteiger partial charge >= 0.3 is 5.97 Å². The molecule has 2 fully saturated rings. The Bertz CT molecular complexity index is 1070. The Morgan fingerprint density at radius 1 is 0.833 bits per heavy atom. The number of aliphatic hydroxyl groups excluding tert-OH is 2. The highest BCUT2D eigenvalue weighted by Gasteiger charge is 2.51. The van der Waals surface area contributed by atoms with Crippen LogP contribution in [0.1, 0.15) is 147 Å². The Morgan fingerprint density at radius 3 is 2.04 bits per heavy atom. The third kappa shape index (κ3) is 12.9. The highest BCUT2D eigenvalue weighted by molar-refractivity contribution is 5.92. The average Bonchev–Trinajstić information content (AvgIpc) is 3.59. The molecule has 7 heteroatoms. The van der Waals surface area contributed by atoms with Crippen LogP contribution in [0.15, 0.2) is 24.0 Å². The van der Waals surface area contributed by atoms with Gasteiger partial charge in [0.2, 0.25) is 0 Å². The number of carbonyl (C=O) groups is 2. The lowest BCUT2D eigenvalue weighted by atomic mass is 9.83. The lowest BCUT2D eigenvalue weighted by Crippen LogP contribution is -2.44. The van der Waals surface area contributed by atoms with Gasteiger partial charge in [0.1, 0.15) is 0 Å². The van der Waals surface area contributed by atoms with E-state index in [-0.39, 0.29) is 53.0 Å². The maximum absolute atomic E-state index is 13.1. The Balaban J connectivity index is 1.78. The van der Waals surface area contributed by atoms with Gasteiger partial charge in [-0.15, -0.1) is 0 Å². The van der Waals surface area contributed by atoms with Gasteiger partial charge in [-0.3, -0.25) is 9.59 Å². The number of ketones is 1. The third-order valence-electron chi connectivity index (χ3n) is 11.9. The van der Waals surface area contributed by atoms with Gasteiger partial charge in [0.25, 0.3) is 0 Å². The summed E-state index contributed by atoms with van der Waals surface area (Å²) in [4.78, 5) is 24.3. The fraction of sp³-hybridized carbons (Fsp3) is 0.854. The van der Waals surface area contributed by atoms with E-state index >= 15 is 0 Å². The van der Waals surface area contributed by atoms with Crippen LogP contribution in [0, 0.1) is 47.3 Å². The number of carboxylic acid groups (broad SMARTS) is 1. The van der Waals surface area contributed by atoms with Crippen LogP contribution in [0.3, 0.4) is 0 Å². The first-order valence-electron chi connectivity index (χ1n) is 19.2. The number of rotatable bonds is 21. The second-order valence-electron chi connectivity index (χ2n) is 16.9. The molecule has 0 aromatic heterocycles. The predicted octanol–water partition coefficient (Wildman–Crippen LogP) is 9.71. The van der Waals surface area contributed by atoms with E-state index in [4.69, 9.17) is 9.47 Å². The molecule has 0 saturated carbocycles. The van der Waals surface area contributed by atoms with Gasteiger partial charge in [-0.1, -0.05) is 67.5 Å². The monoisotopic (exact) mass is 677 g/mol. The molecule has 0 aromatic rings. The van der Waals surface area contributed by atoms with E-state index in [0.717, 1.165) is 64.2 Å². The van der Waals surface area contributed by atoms with Crippen LogP contribution < -0.4 is 0 Å². The van der Waals surface area contributed by atoms with Crippen molar-refractivity contribution in [3.63, 3.8) is 0 Å². The molecule has 2 saturated heterocycles. The number of carbonyl (C=O) groups excluding carboxylic acids is 1. The molecule has 2 heterocycles. The first-order valence-corrected chi connectivity index (χ1v) is 19.2. The SMILES string of the molecule is CCC(CC(C)CC(C)CC(C)C(=O)O)C(=O)C=C(O)C(C)CC(C)CC=CC(C)C(C)CC1CCC(C)(C2CCC(C)(C(C)O)O2)O1. The first kappa shape index (κ1) is 42.5. The van der Waals surface area contributed by atoms with Gasteiger partial charge < -0.3 is 24.8 Å². The summed E-state index contributed by atoms with van der Waals surface area (Å²) >= 11 is 0. The number of aliphatic hydroxyl groups is 2. The number of allylic oxidation sites excluding steroid dienone is 4. The highest BCUT2D eigenvalue weighted by atomic mass is 16.6. The summed E-state index contributed by atoms with van der Waals surface area (Å²) in [7, 11) is 0. The second-order valence-corrected chi connectivity index (χ2v) is 16.9. The maximum atomic E-state index is 13.1. The van der Waals surface area contributed by atoms with Crippen LogP contribution in [0.5, 0.6) is 0 Å². The third-order valence-corrected chi connectivity index (χ3v) is 11.9. The smallest absolute Gasteiger partial charge is 0.306 e. The van der Waals surface area contributed by atoms with Gasteiger partial charge in [0, 0.05) is 17.9 Å². The van der Waals surface area contributed by atoms with E-state index < -0.39 is 17.7 Å². The van der Waals surface area contributed by atoms with Crippen molar-refractivity contribution in [1.82, 2.24) is 0 Å². The van der Waals surface area contributed by atoms with E-state index in [1.807, 2.05) is 27.7 Å². The molecule has 13 atom stereocenters. The minimum atomic E-state index is -0.757. The number of hydrogen-bond acceptors (Lipinski definition) is 6. The fourth-order valence-electron chi connectivity index (χ4n) is 8.07. The molecule has 0 bridgehead atoms. The molecule has 13 unspecified atom stereocenters. The number of ether oxygens (including phenoxy) is 2. The minimum absolute atomic E-state index is 0.00354. The Hall–Kier alpha value is -1.70. The Labute approximate surface area is 293 Å². The molecule has 278 valence electrons. The second kappa shape index (κ2) is 19.1. The average molecular weight is 677 g/mol. The zero-order valence-corrected chi connectivity index (χ0v) is 32.3. The summed E-state index contributed by atoms with van der Waals surface area (Å²) in [5, 5.41) is 30.2. The number of hydrogen-bond donors (Lipinski definition) is 3.